The molecule has 0 atom stereocenters. The SMILES string of the molecule is CC(C)(C)C(=O)Nc1cccc(NC(=S)NC(=O)CCC(=O)OCCCc2ccccc2)c1. The first-order valence-corrected chi connectivity index (χ1v) is 11.3. The number of esters is 1. The van der Waals surface area contributed by atoms with Crippen molar-refractivity contribution in [1.82, 2.24) is 5.32 Å². The molecule has 0 saturated heterocycles. The minimum atomic E-state index is -0.518. The van der Waals surface area contributed by atoms with E-state index in [-0.39, 0.29) is 29.8 Å². The number of rotatable bonds is 9. The Hall–Kier alpha value is -3.26. The normalized spacial score (nSPS) is 10.8. The molecule has 0 heterocycles. The van der Waals surface area contributed by atoms with Gasteiger partial charge in [-0.2, -0.15) is 0 Å². The molecule has 0 aliphatic rings. The molecule has 3 N–H and O–H groups in total. The summed E-state index contributed by atoms with van der Waals surface area (Å²) in [5.74, 6) is -0.909. The van der Waals surface area contributed by atoms with Crippen LogP contribution >= 0.6 is 12.2 Å². The molecule has 7 nitrogen and oxygen atoms in total. The van der Waals surface area contributed by atoms with Gasteiger partial charge in [-0.3, -0.25) is 14.4 Å². The van der Waals surface area contributed by atoms with Crippen molar-refractivity contribution in [2.75, 3.05) is 17.2 Å². The first-order chi connectivity index (χ1) is 15.6. The molecule has 2 rings (SSSR count). The van der Waals surface area contributed by atoms with Crippen molar-refractivity contribution in [3.05, 3.63) is 60.2 Å². The molecular formula is C25H31N3O4S. The standard InChI is InChI=1S/C25H31N3O4S/c1-25(2,3)23(31)26-19-12-7-13-20(17-19)27-24(33)28-21(29)14-15-22(30)32-16-8-11-18-9-5-4-6-10-18/h4-7,9-10,12-13,17H,8,11,14-16H2,1-3H3,(H,26,31)(H2,27,28,29,33). The van der Waals surface area contributed by atoms with Crippen molar-refractivity contribution in [1.29, 1.82) is 0 Å². The fourth-order valence-corrected chi connectivity index (χ4v) is 2.97. The van der Waals surface area contributed by atoms with Crippen molar-refractivity contribution >= 4 is 46.5 Å². The summed E-state index contributed by atoms with van der Waals surface area (Å²) in [6.45, 7) is 5.80. The highest BCUT2D eigenvalue weighted by Crippen LogP contribution is 2.20. The minimum Gasteiger partial charge on any atom is -0.466 e. The van der Waals surface area contributed by atoms with Gasteiger partial charge in [-0.25, -0.2) is 0 Å². The second-order valence-electron chi connectivity index (χ2n) is 8.60. The molecule has 0 aliphatic carbocycles. The predicted molar refractivity (Wildman–Crippen MR) is 134 cm³/mol. The van der Waals surface area contributed by atoms with Crippen LogP contribution in [0.4, 0.5) is 11.4 Å². The lowest BCUT2D eigenvalue weighted by Gasteiger charge is -2.18. The first kappa shape index (κ1) is 26.0. The van der Waals surface area contributed by atoms with Gasteiger partial charge in [0.25, 0.3) is 0 Å². The number of carbonyl (C=O) groups is 3. The van der Waals surface area contributed by atoms with E-state index in [4.69, 9.17) is 17.0 Å². The lowest BCUT2D eigenvalue weighted by Crippen LogP contribution is -2.34. The minimum absolute atomic E-state index is 0.0197. The Balaban J connectivity index is 1.67. The van der Waals surface area contributed by atoms with Gasteiger partial charge in [0, 0.05) is 23.2 Å². The van der Waals surface area contributed by atoms with Crippen molar-refractivity contribution in [2.45, 2.75) is 46.5 Å². The quantitative estimate of drug-likeness (QED) is 0.285. The number of amides is 2. The van der Waals surface area contributed by atoms with E-state index in [0.717, 1.165) is 12.8 Å². The van der Waals surface area contributed by atoms with E-state index in [1.807, 2.05) is 51.1 Å². The molecule has 2 amide bonds. The lowest BCUT2D eigenvalue weighted by atomic mass is 9.95. The van der Waals surface area contributed by atoms with Gasteiger partial charge in [0.2, 0.25) is 11.8 Å². The topological polar surface area (TPSA) is 96.5 Å². The summed E-state index contributed by atoms with van der Waals surface area (Å²) in [4.78, 5) is 36.1. The summed E-state index contributed by atoms with van der Waals surface area (Å²) in [5.41, 5.74) is 1.90. The monoisotopic (exact) mass is 469 g/mol. The molecule has 0 bridgehead atoms. The number of hydrogen-bond acceptors (Lipinski definition) is 5. The fourth-order valence-electron chi connectivity index (χ4n) is 2.74. The summed E-state index contributed by atoms with van der Waals surface area (Å²) in [5, 5.41) is 8.39. The number of thiocarbonyl (C=S) groups is 1. The fraction of sp³-hybridized carbons (Fsp3) is 0.360. The van der Waals surface area contributed by atoms with Gasteiger partial charge in [0.05, 0.1) is 13.0 Å². The van der Waals surface area contributed by atoms with Crippen LogP contribution in [-0.2, 0) is 25.5 Å². The average Bonchev–Trinajstić information content (AvgIpc) is 2.75. The van der Waals surface area contributed by atoms with Crippen LogP contribution in [0.15, 0.2) is 54.6 Å². The smallest absolute Gasteiger partial charge is 0.306 e. The Morgan fingerprint density at radius 1 is 0.909 bits per heavy atom. The number of nitrogens with one attached hydrogen (secondary N) is 3. The highest BCUT2D eigenvalue weighted by Gasteiger charge is 2.21. The highest BCUT2D eigenvalue weighted by molar-refractivity contribution is 7.80. The Bertz CT molecular complexity index is 971. The average molecular weight is 470 g/mol. The molecule has 2 aromatic rings. The molecule has 176 valence electrons. The molecule has 0 radical (unpaired) electrons. The third-order valence-corrected chi connectivity index (χ3v) is 4.79. The van der Waals surface area contributed by atoms with Crippen molar-refractivity contribution < 1.29 is 19.1 Å². The van der Waals surface area contributed by atoms with Crippen molar-refractivity contribution in [3.8, 4) is 0 Å². The van der Waals surface area contributed by atoms with E-state index in [2.05, 4.69) is 16.0 Å². The molecule has 0 saturated carbocycles. The summed E-state index contributed by atoms with van der Waals surface area (Å²) >= 11 is 5.17. The molecule has 0 spiro atoms. The zero-order valence-electron chi connectivity index (χ0n) is 19.3. The number of anilines is 2. The van der Waals surface area contributed by atoms with Gasteiger partial charge >= 0.3 is 5.97 Å². The lowest BCUT2D eigenvalue weighted by molar-refractivity contribution is -0.145. The molecule has 0 fully saturated rings. The second-order valence-corrected chi connectivity index (χ2v) is 9.01. The zero-order valence-corrected chi connectivity index (χ0v) is 20.1. The van der Waals surface area contributed by atoms with E-state index in [1.165, 1.54) is 5.56 Å². The maximum Gasteiger partial charge on any atom is 0.306 e. The van der Waals surface area contributed by atoms with E-state index < -0.39 is 11.4 Å². The molecular weight excluding hydrogens is 438 g/mol. The van der Waals surface area contributed by atoms with Gasteiger partial charge in [0.15, 0.2) is 5.11 Å². The van der Waals surface area contributed by atoms with Crippen LogP contribution in [-0.4, -0.2) is 29.5 Å². The van der Waals surface area contributed by atoms with Gasteiger partial charge in [0.1, 0.15) is 0 Å². The maximum absolute atomic E-state index is 12.1. The van der Waals surface area contributed by atoms with Crippen molar-refractivity contribution in [2.24, 2.45) is 5.41 Å². The van der Waals surface area contributed by atoms with Crippen LogP contribution in [0.5, 0.6) is 0 Å². The maximum atomic E-state index is 12.1. The van der Waals surface area contributed by atoms with Crippen LogP contribution in [0.25, 0.3) is 0 Å². The van der Waals surface area contributed by atoms with Crippen LogP contribution in [0.1, 0.15) is 45.6 Å². The second kappa shape index (κ2) is 12.7. The molecule has 2 aromatic carbocycles. The number of hydrogen-bond donors (Lipinski definition) is 3. The van der Waals surface area contributed by atoms with Gasteiger partial charge < -0.3 is 20.7 Å². The highest BCUT2D eigenvalue weighted by atomic mass is 32.1. The Morgan fingerprint density at radius 2 is 1.58 bits per heavy atom. The Morgan fingerprint density at radius 3 is 2.24 bits per heavy atom. The number of benzene rings is 2. The summed E-state index contributed by atoms with van der Waals surface area (Å²) < 4.78 is 5.18. The van der Waals surface area contributed by atoms with E-state index in [1.54, 1.807) is 24.3 Å². The van der Waals surface area contributed by atoms with E-state index in [0.29, 0.717) is 18.0 Å². The molecule has 0 aromatic heterocycles. The van der Waals surface area contributed by atoms with Crippen LogP contribution in [0.2, 0.25) is 0 Å². The van der Waals surface area contributed by atoms with E-state index in [9.17, 15) is 14.4 Å². The number of aryl methyl sites for hydroxylation is 1. The third-order valence-electron chi connectivity index (χ3n) is 4.58. The Kier molecular flexibility index (Phi) is 10.00. The zero-order chi connectivity index (χ0) is 24.3. The summed E-state index contributed by atoms with van der Waals surface area (Å²) in [6.07, 6.45) is 1.51. The predicted octanol–water partition coefficient (Wildman–Crippen LogP) is 4.44. The van der Waals surface area contributed by atoms with Gasteiger partial charge in [-0.1, -0.05) is 57.2 Å². The third kappa shape index (κ3) is 10.3. The van der Waals surface area contributed by atoms with Gasteiger partial charge in [-0.05, 0) is 48.8 Å². The number of carbonyl (C=O) groups excluding carboxylic acids is 3. The summed E-state index contributed by atoms with van der Waals surface area (Å²) in [6, 6.07) is 17.0. The molecule has 8 heteroatoms. The first-order valence-electron chi connectivity index (χ1n) is 10.9. The molecule has 0 aliphatic heterocycles. The van der Waals surface area contributed by atoms with Crippen LogP contribution in [0, 0.1) is 5.41 Å². The van der Waals surface area contributed by atoms with E-state index >= 15 is 0 Å². The van der Waals surface area contributed by atoms with Gasteiger partial charge in [-0.15, -0.1) is 0 Å². The number of ether oxygens (including phenoxy) is 1. The molecule has 0 unspecified atom stereocenters. The Labute approximate surface area is 200 Å². The largest absolute Gasteiger partial charge is 0.466 e. The summed E-state index contributed by atoms with van der Waals surface area (Å²) in [7, 11) is 0. The van der Waals surface area contributed by atoms with Crippen molar-refractivity contribution in [3.63, 3.8) is 0 Å². The van der Waals surface area contributed by atoms with Crippen LogP contribution < -0.4 is 16.0 Å². The van der Waals surface area contributed by atoms with Crippen LogP contribution in [0.3, 0.4) is 0 Å². The molecule has 33 heavy (non-hydrogen) atoms.